The van der Waals surface area contributed by atoms with Crippen molar-refractivity contribution < 1.29 is 0 Å². The van der Waals surface area contributed by atoms with E-state index >= 15 is 0 Å². The van der Waals surface area contributed by atoms with Crippen molar-refractivity contribution in [2.75, 3.05) is 0 Å². The highest BCUT2D eigenvalue weighted by Gasteiger charge is 2.08. The van der Waals surface area contributed by atoms with Gasteiger partial charge in [0.05, 0.1) is 11.0 Å². The molecule has 0 spiro atoms. The molecule has 0 radical (unpaired) electrons. The first kappa shape index (κ1) is 12.4. The second kappa shape index (κ2) is 5.54. The number of unbranched alkanes of at least 4 members (excludes halogenated alkanes) is 2. The van der Waals surface area contributed by atoms with Gasteiger partial charge in [0.25, 0.3) is 0 Å². The van der Waals surface area contributed by atoms with E-state index in [1.807, 2.05) is 12.1 Å². The maximum Gasteiger partial charge on any atom is 0.323 e. The first-order valence-corrected chi connectivity index (χ1v) is 6.98. The number of fused-ring (bicyclic) bond motifs is 1. The van der Waals surface area contributed by atoms with Crippen molar-refractivity contribution in [2.24, 2.45) is 0 Å². The van der Waals surface area contributed by atoms with Crippen molar-refractivity contribution in [1.29, 1.82) is 0 Å². The number of aromatic amines is 2. The highest BCUT2D eigenvalue weighted by Crippen LogP contribution is 2.29. The lowest BCUT2D eigenvalue weighted by atomic mass is 10.1. The molecular weight excluding hydrogens is 280 g/mol. The molecule has 1 aromatic heterocycles. The van der Waals surface area contributed by atoms with Gasteiger partial charge in [0.15, 0.2) is 0 Å². The van der Waals surface area contributed by atoms with Crippen molar-refractivity contribution in [3.8, 4) is 0 Å². The van der Waals surface area contributed by atoms with Gasteiger partial charge >= 0.3 is 5.69 Å². The standard InChI is InChI=1S/C13H17BrN2O/c1-2-3-4-5-10(14)9-6-7-11-12(8-9)16-13(17)15-11/h6-8,10H,2-5H2,1H3,(H2,15,16,17). The first-order chi connectivity index (χ1) is 8.20. The second-order valence-electron chi connectivity index (χ2n) is 4.35. The Hall–Kier alpha value is -1.03. The monoisotopic (exact) mass is 296 g/mol. The third-order valence-electron chi connectivity index (χ3n) is 2.96. The summed E-state index contributed by atoms with van der Waals surface area (Å²) in [5.74, 6) is 0. The Morgan fingerprint density at radius 2 is 2.00 bits per heavy atom. The van der Waals surface area contributed by atoms with Gasteiger partial charge in [-0.2, -0.15) is 0 Å². The summed E-state index contributed by atoms with van der Waals surface area (Å²) >= 11 is 3.71. The highest BCUT2D eigenvalue weighted by atomic mass is 79.9. The van der Waals surface area contributed by atoms with Crippen LogP contribution >= 0.6 is 15.9 Å². The number of imidazole rings is 1. The SMILES string of the molecule is CCCCCC(Br)c1ccc2[nH]c(=O)[nH]c2c1. The minimum atomic E-state index is -0.144. The molecule has 1 aromatic carbocycles. The van der Waals surface area contributed by atoms with Gasteiger partial charge in [-0.25, -0.2) is 4.79 Å². The van der Waals surface area contributed by atoms with Crippen molar-refractivity contribution in [3.05, 3.63) is 34.2 Å². The van der Waals surface area contributed by atoms with E-state index in [-0.39, 0.29) is 5.69 Å². The van der Waals surface area contributed by atoms with E-state index in [9.17, 15) is 4.79 Å². The fourth-order valence-corrected chi connectivity index (χ4v) is 2.59. The van der Waals surface area contributed by atoms with E-state index < -0.39 is 0 Å². The summed E-state index contributed by atoms with van der Waals surface area (Å²) in [5, 5.41) is 0. The number of halogens is 1. The predicted octanol–water partition coefficient (Wildman–Crippen LogP) is 3.87. The summed E-state index contributed by atoms with van der Waals surface area (Å²) in [6.45, 7) is 2.21. The summed E-state index contributed by atoms with van der Waals surface area (Å²) in [4.78, 5) is 17.1. The van der Waals surface area contributed by atoms with Crippen LogP contribution in [0, 0.1) is 0 Å². The molecule has 0 amide bonds. The van der Waals surface area contributed by atoms with Crippen LogP contribution < -0.4 is 5.69 Å². The Kier molecular flexibility index (Phi) is 4.05. The Balaban J connectivity index is 2.14. The molecule has 0 saturated carbocycles. The maximum atomic E-state index is 11.2. The predicted molar refractivity (Wildman–Crippen MR) is 74.7 cm³/mol. The molecule has 3 nitrogen and oxygen atoms in total. The fraction of sp³-hybridized carbons (Fsp3) is 0.462. The van der Waals surface area contributed by atoms with Gasteiger partial charge in [0.1, 0.15) is 0 Å². The molecule has 0 bridgehead atoms. The van der Waals surface area contributed by atoms with E-state index in [1.54, 1.807) is 0 Å². The number of aromatic nitrogens is 2. The van der Waals surface area contributed by atoms with E-state index in [0.29, 0.717) is 4.83 Å². The zero-order valence-electron chi connectivity index (χ0n) is 9.92. The minimum Gasteiger partial charge on any atom is -0.306 e. The molecule has 0 aliphatic carbocycles. The summed E-state index contributed by atoms with van der Waals surface area (Å²) in [6.07, 6.45) is 4.87. The largest absolute Gasteiger partial charge is 0.323 e. The van der Waals surface area contributed by atoms with Crippen LogP contribution in [-0.4, -0.2) is 9.97 Å². The second-order valence-corrected chi connectivity index (χ2v) is 5.45. The summed E-state index contributed by atoms with van der Waals surface area (Å²) in [5.41, 5.74) is 2.83. The van der Waals surface area contributed by atoms with E-state index in [0.717, 1.165) is 17.5 Å². The van der Waals surface area contributed by atoms with Crippen LogP contribution in [0.3, 0.4) is 0 Å². The van der Waals surface area contributed by atoms with Gasteiger partial charge < -0.3 is 9.97 Å². The molecule has 1 unspecified atom stereocenters. The average Bonchev–Trinajstić information content (AvgIpc) is 2.68. The van der Waals surface area contributed by atoms with Gasteiger partial charge in [-0.15, -0.1) is 0 Å². The van der Waals surface area contributed by atoms with Crippen molar-refractivity contribution in [2.45, 2.75) is 37.4 Å². The number of H-pyrrole nitrogens is 2. The number of alkyl halides is 1. The third kappa shape index (κ3) is 3.00. The number of rotatable bonds is 5. The molecule has 0 aliphatic heterocycles. The lowest BCUT2D eigenvalue weighted by Crippen LogP contribution is -1.99. The molecule has 2 rings (SSSR count). The molecule has 0 aliphatic rings. The van der Waals surface area contributed by atoms with Crippen molar-refractivity contribution in [3.63, 3.8) is 0 Å². The van der Waals surface area contributed by atoms with Crippen LogP contribution in [0.2, 0.25) is 0 Å². The van der Waals surface area contributed by atoms with Crippen LogP contribution in [0.15, 0.2) is 23.0 Å². The molecule has 17 heavy (non-hydrogen) atoms. The van der Waals surface area contributed by atoms with E-state index in [4.69, 9.17) is 0 Å². The summed E-state index contributed by atoms with van der Waals surface area (Å²) < 4.78 is 0. The molecule has 0 saturated heterocycles. The van der Waals surface area contributed by atoms with Crippen LogP contribution in [0.1, 0.15) is 43.0 Å². The number of hydrogen-bond acceptors (Lipinski definition) is 1. The zero-order valence-corrected chi connectivity index (χ0v) is 11.5. The van der Waals surface area contributed by atoms with Gasteiger partial charge in [0, 0.05) is 4.83 Å². The van der Waals surface area contributed by atoms with Gasteiger partial charge in [-0.3, -0.25) is 0 Å². The highest BCUT2D eigenvalue weighted by molar-refractivity contribution is 9.09. The molecule has 2 N–H and O–H groups in total. The summed E-state index contributed by atoms with van der Waals surface area (Å²) in [6, 6.07) is 6.06. The first-order valence-electron chi connectivity index (χ1n) is 6.06. The minimum absolute atomic E-state index is 0.144. The lowest BCUT2D eigenvalue weighted by Gasteiger charge is -2.09. The molecule has 92 valence electrons. The van der Waals surface area contributed by atoms with Crippen molar-refractivity contribution >= 4 is 27.0 Å². The van der Waals surface area contributed by atoms with Crippen LogP contribution in [0.4, 0.5) is 0 Å². The Labute approximate surface area is 109 Å². The van der Waals surface area contributed by atoms with E-state index in [1.165, 1.54) is 24.8 Å². The van der Waals surface area contributed by atoms with Crippen LogP contribution in [0.25, 0.3) is 11.0 Å². The molecule has 1 atom stereocenters. The Morgan fingerprint density at radius 1 is 1.24 bits per heavy atom. The lowest BCUT2D eigenvalue weighted by molar-refractivity contribution is 0.664. The molecule has 2 aromatic rings. The molecule has 0 fully saturated rings. The Morgan fingerprint density at radius 3 is 2.76 bits per heavy atom. The maximum absolute atomic E-state index is 11.2. The number of hydrogen-bond donors (Lipinski definition) is 2. The van der Waals surface area contributed by atoms with Crippen LogP contribution in [0.5, 0.6) is 0 Å². The van der Waals surface area contributed by atoms with E-state index in [2.05, 4.69) is 38.9 Å². The quantitative estimate of drug-likeness (QED) is 0.638. The summed E-state index contributed by atoms with van der Waals surface area (Å²) in [7, 11) is 0. The van der Waals surface area contributed by atoms with Gasteiger partial charge in [-0.1, -0.05) is 48.2 Å². The van der Waals surface area contributed by atoms with Gasteiger partial charge in [-0.05, 0) is 24.1 Å². The normalized spacial score (nSPS) is 13.1. The van der Waals surface area contributed by atoms with Gasteiger partial charge in [0.2, 0.25) is 0 Å². The molecule has 1 heterocycles. The zero-order chi connectivity index (χ0) is 12.3. The topological polar surface area (TPSA) is 48.6 Å². The molecular formula is C13H17BrN2O. The molecule has 4 heteroatoms. The smallest absolute Gasteiger partial charge is 0.306 e. The van der Waals surface area contributed by atoms with Crippen molar-refractivity contribution in [1.82, 2.24) is 9.97 Å². The fourth-order valence-electron chi connectivity index (χ4n) is 1.99. The average molecular weight is 297 g/mol. The number of nitrogens with one attached hydrogen (secondary N) is 2. The Bertz CT molecular complexity index is 544. The van der Waals surface area contributed by atoms with Crippen LogP contribution in [-0.2, 0) is 0 Å². The number of benzene rings is 1. The third-order valence-corrected chi connectivity index (χ3v) is 3.95.